The van der Waals surface area contributed by atoms with E-state index < -0.39 is 0 Å². The van der Waals surface area contributed by atoms with E-state index in [-0.39, 0.29) is 0 Å². The second-order valence-electron chi connectivity index (χ2n) is 4.13. The van der Waals surface area contributed by atoms with Gasteiger partial charge < -0.3 is 11.1 Å². The van der Waals surface area contributed by atoms with Crippen LogP contribution in [-0.2, 0) is 0 Å². The number of anilines is 3. The summed E-state index contributed by atoms with van der Waals surface area (Å²) in [5, 5.41) is 4.24. The quantitative estimate of drug-likeness (QED) is 0.756. The lowest BCUT2D eigenvalue weighted by molar-refractivity contribution is 1.29. The molecule has 19 heavy (non-hydrogen) atoms. The van der Waals surface area contributed by atoms with E-state index in [1.807, 2.05) is 36.4 Å². The van der Waals surface area contributed by atoms with Gasteiger partial charge in [0.15, 0.2) is 5.82 Å². The number of hydrogen-bond donors (Lipinski definition) is 2. The lowest BCUT2D eigenvalue weighted by Gasteiger charge is -2.08. The summed E-state index contributed by atoms with van der Waals surface area (Å²) in [7, 11) is 0. The van der Waals surface area contributed by atoms with Crippen molar-refractivity contribution in [3.8, 4) is 0 Å². The Labute approximate surface area is 118 Å². The predicted molar refractivity (Wildman–Crippen MR) is 81.4 cm³/mol. The van der Waals surface area contributed by atoms with Gasteiger partial charge >= 0.3 is 0 Å². The van der Waals surface area contributed by atoms with Crippen LogP contribution in [0, 0.1) is 0 Å². The zero-order valence-electron chi connectivity index (χ0n) is 9.97. The van der Waals surface area contributed by atoms with E-state index in [9.17, 15) is 0 Å². The summed E-state index contributed by atoms with van der Waals surface area (Å²) in [5.74, 6) is 0.625. The van der Waals surface area contributed by atoms with E-state index in [2.05, 4.69) is 31.2 Å². The fourth-order valence-corrected chi connectivity index (χ4v) is 2.18. The highest BCUT2D eigenvalue weighted by molar-refractivity contribution is 9.10. The number of halogens is 1. The molecule has 0 aliphatic carbocycles. The molecule has 0 spiro atoms. The van der Waals surface area contributed by atoms with Crippen LogP contribution in [0.15, 0.2) is 53.3 Å². The number of nitrogen functional groups attached to an aromatic ring is 1. The van der Waals surface area contributed by atoms with Crippen LogP contribution in [0.1, 0.15) is 0 Å². The molecule has 0 aliphatic rings. The standard InChI is InChI=1S/C14H11BrN4/c15-10-6-12(16)14(18-7-10)19-11-5-9-3-1-2-4-13(9)17-8-11/h1-8H,16H2,(H,18,19). The molecule has 3 N–H and O–H groups in total. The largest absolute Gasteiger partial charge is 0.396 e. The first-order chi connectivity index (χ1) is 9.22. The second kappa shape index (κ2) is 4.85. The Bertz CT molecular complexity index is 742. The number of fused-ring (bicyclic) bond motifs is 1. The van der Waals surface area contributed by atoms with Crippen molar-refractivity contribution in [3.05, 3.63) is 53.3 Å². The topological polar surface area (TPSA) is 63.8 Å². The van der Waals surface area contributed by atoms with E-state index in [1.165, 1.54) is 0 Å². The average molecular weight is 315 g/mol. The molecule has 94 valence electrons. The smallest absolute Gasteiger partial charge is 0.153 e. The van der Waals surface area contributed by atoms with E-state index in [4.69, 9.17) is 5.73 Å². The first-order valence-electron chi connectivity index (χ1n) is 5.75. The van der Waals surface area contributed by atoms with Crippen LogP contribution in [0.25, 0.3) is 10.9 Å². The maximum absolute atomic E-state index is 5.91. The number of para-hydroxylation sites is 1. The van der Waals surface area contributed by atoms with Gasteiger partial charge in [-0.1, -0.05) is 18.2 Å². The fraction of sp³-hybridized carbons (Fsp3) is 0. The van der Waals surface area contributed by atoms with Crippen molar-refractivity contribution in [2.24, 2.45) is 0 Å². The monoisotopic (exact) mass is 314 g/mol. The fourth-order valence-electron chi connectivity index (χ4n) is 1.84. The lowest BCUT2D eigenvalue weighted by atomic mass is 10.2. The SMILES string of the molecule is Nc1cc(Br)cnc1Nc1cnc2ccccc2c1. The zero-order valence-corrected chi connectivity index (χ0v) is 11.6. The molecule has 0 saturated carbocycles. The Hall–Kier alpha value is -2.14. The highest BCUT2D eigenvalue weighted by atomic mass is 79.9. The van der Waals surface area contributed by atoms with Gasteiger partial charge in [-0.15, -0.1) is 0 Å². The predicted octanol–water partition coefficient (Wildman–Crippen LogP) is 3.72. The summed E-state index contributed by atoms with van der Waals surface area (Å²) in [6, 6.07) is 11.8. The van der Waals surface area contributed by atoms with Crippen molar-refractivity contribution in [2.75, 3.05) is 11.1 Å². The molecule has 0 saturated heterocycles. The maximum atomic E-state index is 5.91. The zero-order chi connectivity index (χ0) is 13.2. The van der Waals surface area contributed by atoms with Gasteiger partial charge in [0.2, 0.25) is 0 Å². The van der Waals surface area contributed by atoms with Crippen LogP contribution in [0.2, 0.25) is 0 Å². The minimum atomic E-state index is 0.586. The normalized spacial score (nSPS) is 10.6. The third-order valence-corrected chi connectivity index (χ3v) is 3.17. The van der Waals surface area contributed by atoms with Gasteiger partial charge in [0.1, 0.15) is 0 Å². The Morgan fingerprint density at radius 2 is 1.89 bits per heavy atom. The Morgan fingerprint density at radius 3 is 2.74 bits per heavy atom. The van der Waals surface area contributed by atoms with E-state index in [0.29, 0.717) is 11.5 Å². The number of aromatic nitrogens is 2. The van der Waals surface area contributed by atoms with Gasteiger partial charge in [-0.2, -0.15) is 0 Å². The highest BCUT2D eigenvalue weighted by Gasteiger charge is 2.03. The average Bonchev–Trinajstić information content (AvgIpc) is 2.42. The van der Waals surface area contributed by atoms with Crippen LogP contribution in [0.5, 0.6) is 0 Å². The van der Waals surface area contributed by atoms with E-state index in [0.717, 1.165) is 21.1 Å². The van der Waals surface area contributed by atoms with Crippen molar-refractivity contribution in [2.45, 2.75) is 0 Å². The minimum Gasteiger partial charge on any atom is -0.396 e. The maximum Gasteiger partial charge on any atom is 0.153 e. The van der Waals surface area contributed by atoms with Crippen LogP contribution in [-0.4, -0.2) is 9.97 Å². The van der Waals surface area contributed by atoms with Crippen molar-refractivity contribution in [1.82, 2.24) is 9.97 Å². The minimum absolute atomic E-state index is 0.586. The number of nitrogens with two attached hydrogens (primary N) is 1. The van der Waals surface area contributed by atoms with Crippen LogP contribution in [0.4, 0.5) is 17.2 Å². The summed E-state index contributed by atoms with van der Waals surface area (Å²) < 4.78 is 0.854. The molecule has 1 aromatic carbocycles. The molecule has 0 bridgehead atoms. The van der Waals surface area contributed by atoms with Gasteiger partial charge in [0.25, 0.3) is 0 Å². The van der Waals surface area contributed by atoms with Crippen molar-refractivity contribution in [3.63, 3.8) is 0 Å². The lowest BCUT2D eigenvalue weighted by Crippen LogP contribution is -1.99. The number of pyridine rings is 2. The molecule has 2 heterocycles. The Morgan fingerprint density at radius 1 is 1.05 bits per heavy atom. The molecule has 4 nitrogen and oxygen atoms in total. The van der Waals surface area contributed by atoms with Crippen molar-refractivity contribution in [1.29, 1.82) is 0 Å². The molecule has 5 heteroatoms. The number of nitrogens with zero attached hydrogens (tertiary/aromatic N) is 2. The molecule has 0 fully saturated rings. The third kappa shape index (κ3) is 2.51. The number of hydrogen-bond acceptors (Lipinski definition) is 4. The van der Waals surface area contributed by atoms with Gasteiger partial charge in [-0.3, -0.25) is 4.98 Å². The Balaban J connectivity index is 1.96. The first kappa shape index (κ1) is 11.9. The molecule has 3 aromatic rings. The summed E-state index contributed by atoms with van der Waals surface area (Å²) in [6.45, 7) is 0. The summed E-state index contributed by atoms with van der Waals surface area (Å²) in [5.41, 5.74) is 8.32. The van der Waals surface area contributed by atoms with Crippen molar-refractivity contribution >= 4 is 44.0 Å². The first-order valence-corrected chi connectivity index (χ1v) is 6.54. The number of rotatable bonds is 2. The second-order valence-corrected chi connectivity index (χ2v) is 5.05. The number of nitrogens with one attached hydrogen (secondary N) is 1. The van der Waals surface area contributed by atoms with Gasteiger partial charge in [0, 0.05) is 16.1 Å². The molecule has 0 unspecified atom stereocenters. The van der Waals surface area contributed by atoms with Crippen molar-refractivity contribution < 1.29 is 0 Å². The van der Waals surface area contributed by atoms with Gasteiger partial charge in [0.05, 0.1) is 23.1 Å². The highest BCUT2D eigenvalue weighted by Crippen LogP contribution is 2.24. The van der Waals surface area contributed by atoms with E-state index in [1.54, 1.807) is 12.4 Å². The molecule has 0 amide bonds. The van der Waals surface area contributed by atoms with Crippen LogP contribution >= 0.6 is 15.9 Å². The van der Waals surface area contributed by atoms with Crippen LogP contribution < -0.4 is 11.1 Å². The number of benzene rings is 1. The third-order valence-electron chi connectivity index (χ3n) is 2.74. The Kier molecular flexibility index (Phi) is 3.05. The summed E-state index contributed by atoms with van der Waals surface area (Å²) in [4.78, 5) is 8.63. The summed E-state index contributed by atoms with van der Waals surface area (Å²) >= 11 is 3.33. The molecule has 0 aliphatic heterocycles. The molecule has 0 radical (unpaired) electrons. The molecular formula is C14H11BrN4. The van der Waals surface area contributed by atoms with Gasteiger partial charge in [-0.25, -0.2) is 4.98 Å². The molecule has 2 aromatic heterocycles. The van der Waals surface area contributed by atoms with E-state index >= 15 is 0 Å². The van der Waals surface area contributed by atoms with Crippen LogP contribution in [0.3, 0.4) is 0 Å². The summed E-state index contributed by atoms with van der Waals surface area (Å²) in [6.07, 6.45) is 3.47. The molecule has 0 atom stereocenters. The van der Waals surface area contributed by atoms with Gasteiger partial charge in [-0.05, 0) is 34.1 Å². The molecule has 3 rings (SSSR count). The molecular weight excluding hydrogens is 304 g/mol.